The van der Waals surface area contributed by atoms with E-state index in [4.69, 9.17) is 0 Å². The Labute approximate surface area is 68.1 Å². The smallest absolute Gasteiger partial charge is 0.312 e. The first-order chi connectivity index (χ1) is 4.71. The molecule has 0 atom stereocenters. The van der Waals surface area contributed by atoms with Crippen LogP contribution < -0.4 is 0 Å². The molecule has 2 nitrogen and oxygen atoms in total. The van der Waals surface area contributed by atoms with Gasteiger partial charge in [-0.1, -0.05) is 15.9 Å². The van der Waals surface area contributed by atoms with E-state index >= 15 is 0 Å². The zero-order chi connectivity index (χ0) is 7.41. The molecule has 2 saturated carbocycles. The molecule has 10 heavy (non-hydrogen) atoms. The van der Waals surface area contributed by atoms with Gasteiger partial charge in [-0.2, -0.15) is 0 Å². The van der Waals surface area contributed by atoms with Crippen LogP contribution >= 0.6 is 15.9 Å². The van der Waals surface area contributed by atoms with Crippen LogP contribution in [0.3, 0.4) is 0 Å². The first-order valence-electron chi connectivity index (χ1n) is 3.35. The highest BCUT2D eigenvalue weighted by atomic mass is 79.9. The predicted octanol–water partition coefficient (Wildman–Crippen LogP) is 1.33. The number of methoxy groups -OCH3 is 1. The summed E-state index contributed by atoms with van der Waals surface area (Å²) in [6.07, 6.45) is 2.08. The SMILES string of the molecule is COC(=O)C12CC1(CBr)C2. The van der Waals surface area contributed by atoms with Gasteiger partial charge < -0.3 is 4.74 Å². The Bertz CT molecular complexity index is 194. The Morgan fingerprint density at radius 3 is 2.60 bits per heavy atom. The van der Waals surface area contributed by atoms with Crippen molar-refractivity contribution in [2.24, 2.45) is 10.8 Å². The molecule has 0 aliphatic heterocycles. The highest BCUT2D eigenvalue weighted by Crippen LogP contribution is 2.86. The number of hydrogen-bond acceptors (Lipinski definition) is 2. The Balaban J connectivity index is 2.06. The van der Waals surface area contributed by atoms with E-state index in [0.29, 0.717) is 5.41 Å². The van der Waals surface area contributed by atoms with Gasteiger partial charge >= 0.3 is 5.97 Å². The van der Waals surface area contributed by atoms with E-state index in [1.54, 1.807) is 0 Å². The van der Waals surface area contributed by atoms with Crippen molar-refractivity contribution < 1.29 is 9.53 Å². The molecular formula is C7H9BrO2. The molecule has 0 N–H and O–H groups in total. The van der Waals surface area contributed by atoms with Crippen LogP contribution in [0.5, 0.6) is 0 Å². The second kappa shape index (κ2) is 1.58. The zero-order valence-electron chi connectivity index (χ0n) is 5.82. The van der Waals surface area contributed by atoms with Gasteiger partial charge in [-0.05, 0) is 18.3 Å². The average molecular weight is 205 g/mol. The van der Waals surface area contributed by atoms with E-state index in [1.807, 2.05) is 0 Å². The highest BCUT2D eigenvalue weighted by molar-refractivity contribution is 9.09. The van der Waals surface area contributed by atoms with Gasteiger partial charge in [0.15, 0.2) is 0 Å². The molecule has 2 fully saturated rings. The van der Waals surface area contributed by atoms with Gasteiger partial charge in [0.2, 0.25) is 0 Å². The van der Waals surface area contributed by atoms with Crippen LogP contribution in [0.25, 0.3) is 0 Å². The van der Waals surface area contributed by atoms with Crippen LogP contribution in [0.2, 0.25) is 0 Å². The Kier molecular flexibility index (Phi) is 1.05. The van der Waals surface area contributed by atoms with E-state index in [2.05, 4.69) is 20.7 Å². The van der Waals surface area contributed by atoms with Crippen LogP contribution in [0, 0.1) is 10.8 Å². The van der Waals surface area contributed by atoms with Crippen molar-refractivity contribution in [2.75, 3.05) is 12.4 Å². The molecule has 2 aliphatic carbocycles. The molecule has 56 valence electrons. The topological polar surface area (TPSA) is 26.3 Å². The van der Waals surface area contributed by atoms with Crippen molar-refractivity contribution in [1.82, 2.24) is 0 Å². The number of rotatable bonds is 2. The lowest BCUT2D eigenvalue weighted by atomic mass is 10.2. The fourth-order valence-electron chi connectivity index (χ4n) is 1.79. The number of carbonyl (C=O) groups is 1. The van der Waals surface area contributed by atoms with Crippen molar-refractivity contribution in [3.63, 3.8) is 0 Å². The molecule has 0 bridgehead atoms. The molecular weight excluding hydrogens is 196 g/mol. The maximum atomic E-state index is 11.1. The zero-order valence-corrected chi connectivity index (χ0v) is 7.40. The van der Waals surface area contributed by atoms with Gasteiger partial charge in [0.25, 0.3) is 0 Å². The summed E-state index contributed by atoms with van der Waals surface area (Å²) in [7, 11) is 1.46. The Morgan fingerprint density at radius 2 is 2.30 bits per heavy atom. The first kappa shape index (κ1) is 6.65. The average Bonchev–Trinajstić information content (AvgIpc) is 2.70. The molecule has 2 aliphatic rings. The van der Waals surface area contributed by atoms with Gasteiger partial charge in [-0.3, -0.25) is 4.79 Å². The van der Waals surface area contributed by atoms with E-state index in [0.717, 1.165) is 18.2 Å². The number of halogens is 1. The highest BCUT2D eigenvalue weighted by Gasteiger charge is 2.87. The fourth-order valence-corrected chi connectivity index (χ4v) is 2.73. The normalized spacial score (nSPS) is 47.8. The van der Waals surface area contributed by atoms with Crippen LogP contribution in [0.1, 0.15) is 12.8 Å². The van der Waals surface area contributed by atoms with Crippen LogP contribution in [-0.4, -0.2) is 18.4 Å². The molecule has 3 heteroatoms. The third-order valence-electron chi connectivity index (χ3n) is 2.88. The molecule has 0 unspecified atom stereocenters. The van der Waals surface area contributed by atoms with Crippen molar-refractivity contribution in [2.45, 2.75) is 12.8 Å². The number of carbonyl (C=O) groups excluding carboxylic acids is 1. The summed E-state index contributed by atoms with van der Waals surface area (Å²) in [5.41, 5.74) is 0.283. The van der Waals surface area contributed by atoms with E-state index in [1.165, 1.54) is 7.11 Å². The molecule has 0 radical (unpaired) electrons. The summed E-state index contributed by atoms with van der Waals surface area (Å²) in [5.74, 6) is -0.00745. The molecule has 0 saturated heterocycles. The summed E-state index contributed by atoms with van der Waals surface area (Å²) in [6, 6.07) is 0. The van der Waals surface area contributed by atoms with Gasteiger partial charge in [-0.25, -0.2) is 0 Å². The minimum atomic E-state index is -0.0365. The lowest BCUT2D eigenvalue weighted by molar-refractivity contribution is -0.144. The van der Waals surface area contributed by atoms with Crippen molar-refractivity contribution >= 4 is 21.9 Å². The van der Waals surface area contributed by atoms with Crippen LogP contribution in [0.15, 0.2) is 0 Å². The molecule has 0 aromatic carbocycles. The molecule has 0 heterocycles. The predicted molar refractivity (Wildman–Crippen MR) is 39.9 cm³/mol. The Morgan fingerprint density at radius 1 is 1.70 bits per heavy atom. The number of alkyl halides is 1. The molecule has 0 amide bonds. The van der Waals surface area contributed by atoms with E-state index < -0.39 is 0 Å². The molecule has 2 rings (SSSR count). The maximum absolute atomic E-state index is 11.1. The summed E-state index contributed by atoms with van der Waals surface area (Å²) in [5, 5.41) is 0.953. The minimum absolute atomic E-state index is 0.00745. The molecule has 0 spiro atoms. The minimum Gasteiger partial charge on any atom is -0.469 e. The van der Waals surface area contributed by atoms with E-state index in [9.17, 15) is 4.79 Å². The summed E-state index contributed by atoms with van der Waals surface area (Å²) >= 11 is 3.40. The van der Waals surface area contributed by atoms with E-state index in [-0.39, 0.29) is 11.4 Å². The standard InChI is InChI=1S/C7H9BrO2/c1-10-5(9)7-2-6(7,3-7)4-8/h2-4H2,1H3. The molecule has 0 aromatic heterocycles. The lowest BCUT2D eigenvalue weighted by Gasteiger charge is -1.97. The van der Waals surface area contributed by atoms with Gasteiger partial charge in [0, 0.05) is 5.33 Å². The third kappa shape index (κ3) is 0.492. The lowest BCUT2D eigenvalue weighted by Crippen LogP contribution is -2.08. The monoisotopic (exact) mass is 204 g/mol. The summed E-state index contributed by atoms with van der Waals surface area (Å²) < 4.78 is 4.69. The second-order valence-electron chi connectivity index (χ2n) is 3.34. The molecule has 0 aromatic rings. The number of esters is 1. The fraction of sp³-hybridized carbons (Fsp3) is 0.857. The third-order valence-corrected chi connectivity index (χ3v) is 3.95. The van der Waals surface area contributed by atoms with Crippen molar-refractivity contribution in [3.05, 3.63) is 0 Å². The summed E-state index contributed by atoms with van der Waals surface area (Å²) in [4.78, 5) is 11.1. The number of fused-ring (bicyclic) bond motifs is 1. The Hall–Kier alpha value is -0.0500. The second-order valence-corrected chi connectivity index (χ2v) is 3.90. The number of ether oxygens (including phenoxy) is 1. The van der Waals surface area contributed by atoms with Crippen LogP contribution in [-0.2, 0) is 9.53 Å². The first-order valence-corrected chi connectivity index (χ1v) is 4.47. The van der Waals surface area contributed by atoms with Gasteiger partial charge in [0.1, 0.15) is 0 Å². The van der Waals surface area contributed by atoms with Crippen molar-refractivity contribution in [3.8, 4) is 0 Å². The summed E-state index contributed by atoms with van der Waals surface area (Å²) in [6.45, 7) is 0. The van der Waals surface area contributed by atoms with Gasteiger partial charge in [0.05, 0.1) is 12.5 Å². The largest absolute Gasteiger partial charge is 0.469 e. The quantitative estimate of drug-likeness (QED) is 0.502. The van der Waals surface area contributed by atoms with Gasteiger partial charge in [-0.15, -0.1) is 0 Å². The van der Waals surface area contributed by atoms with Crippen LogP contribution in [0.4, 0.5) is 0 Å². The van der Waals surface area contributed by atoms with Crippen molar-refractivity contribution in [1.29, 1.82) is 0 Å². The number of hydrogen-bond donors (Lipinski definition) is 0. The maximum Gasteiger partial charge on any atom is 0.312 e.